The topological polar surface area (TPSA) is 123 Å². The highest BCUT2D eigenvalue weighted by Crippen LogP contribution is 2.44. The zero-order valence-electron chi connectivity index (χ0n) is 19.1. The third-order valence-electron chi connectivity index (χ3n) is 5.57. The molecular formula is C25H30N2O7. The maximum atomic E-state index is 12.5. The summed E-state index contributed by atoms with van der Waals surface area (Å²) in [6.45, 7) is 0.846. The molecule has 0 bridgehead atoms. The van der Waals surface area contributed by atoms with Crippen LogP contribution in [0, 0.1) is 0 Å². The van der Waals surface area contributed by atoms with Gasteiger partial charge in [-0.15, -0.1) is 0 Å². The van der Waals surface area contributed by atoms with Gasteiger partial charge in [0.2, 0.25) is 5.91 Å². The van der Waals surface area contributed by atoms with Gasteiger partial charge in [-0.05, 0) is 22.3 Å². The summed E-state index contributed by atoms with van der Waals surface area (Å²) in [5, 5.41) is 13.9. The van der Waals surface area contributed by atoms with E-state index in [1.54, 1.807) is 0 Å². The molecule has 182 valence electrons. The Morgan fingerprint density at radius 2 is 1.62 bits per heavy atom. The first-order chi connectivity index (χ1) is 16.5. The lowest BCUT2D eigenvalue weighted by molar-refractivity contribution is -0.138. The Morgan fingerprint density at radius 1 is 0.971 bits per heavy atom. The van der Waals surface area contributed by atoms with Crippen molar-refractivity contribution in [2.75, 3.05) is 40.1 Å². The van der Waals surface area contributed by atoms with Gasteiger partial charge in [-0.25, -0.2) is 4.79 Å². The van der Waals surface area contributed by atoms with Crippen molar-refractivity contribution in [1.82, 2.24) is 10.6 Å². The summed E-state index contributed by atoms with van der Waals surface area (Å²) >= 11 is 0. The van der Waals surface area contributed by atoms with Gasteiger partial charge in [0.1, 0.15) is 12.6 Å². The zero-order chi connectivity index (χ0) is 24.3. The van der Waals surface area contributed by atoms with E-state index in [1.165, 1.54) is 7.11 Å². The van der Waals surface area contributed by atoms with Gasteiger partial charge >= 0.3 is 12.1 Å². The molecule has 0 heterocycles. The van der Waals surface area contributed by atoms with Gasteiger partial charge in [-0.2, -0.15) is 0 Å². The second-order valence-corrected chi connectivity index (χ2v) is 7.85. The maximum Gasteiger partial charge on any atom is 0.407 e. The van der Waals surface area contributed by atoms with Gasteiger partial charge in [0.15, 0.2) is 0 Å². The maximum absolute atomic E-state index is 12.5. The predicted molar refractivity (Wildman–Crippen MR) is 125 cm³/mol. The van der Waals surface area contributed by atoms with Crippen LogP contribution in [0.2, 0.25) is 0 Å². The molecule has 0 saturated carbocycles. The van der Waals surface area contributed by atoms with Crippen LogP contribution in [-0.2, 0) is 23.8 Å². The number of hydrogen-bond donors (Lipinski definition) is 3. The van der Waals surface area contributed by atoms with Crippen LogP contribution in [0.5, 0.6) is 0 Å². The van der Waals surface area contributed by atoms with Crippen molar-refractivity contribution >= 4 is 18.0 Å². The molecule has 0 radical (unpaired) electrons. The van der Waals surface area contributed by atoms with Gasteiger partial charge in [0.05, 0.1) is 19.6 Å². The molecule has 2 aromatic rings. The molecule has 3 N–H and O–H groups in total. The summed E-state index contributed by atoms with van der Waals surface area (Å²) in [6.07, 6.45) is -0.518. The van der Waals surface area contributed by atoms with E-state index < -0.39 is 24.0 Å². The molecule has 0 fully saturated rings. The molecule has 0 aromatic heterocycles. The second kappa shape index (κ2) is 12.7. The summed E-state index contributed by atoms with van der Waals surface area (Å²) in [6, 6.07) is 15.3. The minimum absolute atomic E-state index is 0.0658. The van der Waals surface area contributed by atoms with E-state index in [0.717, 1.165) is 22.3 Å². The molecular weight excluding hydrogens is 440 g/mol. The Hall–Kier alpha value is -3.43. The number of carboxylic acid groups (broad SMARTS) is 1. The molecule has 34 heavy (non-hydrogen) atoms. The number of aliphatic carboxylic acids is 1. The molecule has 1 unspecified atom stereocenters. The number of carbonyl (C=O) groups is 3. The molecule has 1 atom stereocenters. The Labute approximate surface area is 198 Å². The second-order valence-electron chi connectivity index (χ2n) is 7.85. The van der Waals surface area contributed by atoms with E-state index in [2.05, 4.69) is 22.8 Å². The first-order valence-corrected chi connectivity index (χ1v) is 11.2. The molecule has 9 heteroatoms. The number of hydrogen-bond acceptors (Lipinski definition) is 6. The van der Waals surface area contributed by atoms with E-state index >= 15 is 0 Å². The third-order valence-corrected chi connectivity index (χ3v) is 5.57. The summed E-state index contributed by atoms with van der Waals surface area (Å²) in [5.74, 6) is -1.42. The van der Waals surface area contributed by atoms with Gasteiger partial charge in [-0.3, -0.25) is 9.59 Å². The Kier molecular flexibility index (Phi) is 9.42. The van der Waals surface area contributed by atoms with Crippen molar-refractivity contribution in [3.63, 3.8) is 0 Å². The van der Waals surface area contributed by atoms with Crippen LogP contribution in [-0.4, -0.2) is 69.2 Å². The lowest BCUT2D eigenvalue weighted by atomic mass is 9.98. The van der Waals surface area contributed by atoms with Crippen molar-refractivity contribution < 1.29 is 33.7 Å². The van der Waals surface area contributed by atoms with Gasteiger partial charge < -0.3 is 30.0 Å². The molecule has 9 nitrogen and oxygen atoms in total. The summed E-state index contributed by atoms with van der Waals surface area (Å²) in [4.78, 5) is 35.6. The first-order valence-electron chi connectivity index (χ1n) is 11.2. The minimum atomic E-state index is -0.948. The number of carbonyl (C=O) groups excluding carboxylic acids is 2. The molecule has 1 aliphatic rings. The highest BCUT2D eigenvalue weighted by molar-refractivity contribution is 5.85. The first kappa shape index (κ1) is 25.2. The minimum Gasteiger partial charge on any atom is -0.481 e. The molecule has 2 aromatic carbocycles. The number of ether oxygens (including phenoxy) is 3. The average molecular weight is 471 g/mol. The Morgan fingerprint density at radius 3 is 2.24 bits per heavy atom. The number of carboxylic acids is 1. The SMILES string of the molecule is COCCC(NC(=O)OCC1c2ccccc2-c2ccccc21)C(=O)NCCOCCC(=O)O. The molecule has 0 spiro atoms. The monoisotopic (exact) mass is 470 g/mol. The molecule has 1 aliphatic carbocycles. The van der Waals surface area contributed by atoms with E-state index in [-0.39, 0.29) is 51.7 Å². The van der Waals surface area contributed by atoms with Gasteiger partial charge in [0.25, 0.3) is 0 Å². The standard InChI is InChI=1S/C25H30N2O7/c1-32-13-10-22(24(30)26-12-15-33-14-11-23(28)29)27-25(31)34-16-21-19-8-4-2-6-17(19)18-7-3-5-9-20(18)21/h2-9,21-22H,10-16H2,1H3,(H,26,30)(H,27,31)(H,28,29). The van der Waals surface area contributed by atoms with Gasteiger partial charge in [-0.1, -0.05) is 48.5 Å². The van der Waals surface area contributed by atoms with Crippen LogP contribution in [0.15, 0.2) is 48.5 Å². The summed E-state index contributed by atoms with van der Waals surface area (Å²) < 4.78 is 15.7. The summed E-state index contributed by atoms with van der Waals surface area (Å²) in [5.41, 5.74) is 4.48. The quantitative estimate of drug-likeness (QED) is 0.385. The lowest BCUT2D eigenvalue weighted by Gasteiger charge is -2.19. The predicted octanol–water partition coefficient (Wildman–Crippen LogP) is 2.54. The Bertz CT molecular complexity index is 949. The number of benzene rings is 2. The third kappa shape index (κ3) is 6.79. The normalized spacial score (nSPS) is 13.0. The van der Waals surface area contributed by atoms with Crippen molar-refractivity contribution in [3.8, 4) is 11.1 Å². The largest absolute Gasteiger partial charge is 0.481 e. The van der Waals surface area contributed by atoms with E-state index in [4.69, 9.17) is 19.3 Å². The van der Waals surface area contributed by atoms with Crippen LogP contribution in [0.25, 0.3) is 11.1 Å². The number of nitrogens with one attached hydrogen (secondary N) is 2. The van der Waals surface area contributed by atoms with Crippen LogP contribution in [0.4, 0.5) is 4.79 Å². The van der Waals surface area contributed by atoms with Crippen molar-refractivity contribution in [1.29, 1.82) is 0 Å². The number of alkyl carbamates (subject to hydrolysis) is 1. The number of methoxy groups -OCH3 is 1. The van der Waals surface area contributed by atoms with Crippen LogP contribution < -0.4 is 10.6 Å². The van der Waals surface area contributed by atoms with E-state index in [1.807, 2.05) is 36.4 Å². The number of amides is 2. The fourth-order valence-electron chi connectivity index (χ4n) is 3.92. The Balaban J connectivity index is 1.52. The fourth-order valence-corrected chi connectivity index (χ4v) is 3.92. The van der Waals surface area contributed by atoms with Crippen molar-refractivity contribution in [3.05, 3.63) is 59.7 Å². The smallest absolute Gasteiger partial charge is 0.407 e. The summed E-state index contributed by atoms with van der Waals surface area (Å²) in [7, 11) is 1.51. The molecule has 3 rings (SSSR count). The highest BCUT2D eigenvalue weighted by atomic mass is 16.5. The molecule has 2 amide bonds. The van der Waals surface area contributed by atoms with Crippen molar-refractivity contribution in [2.45, 2.75) is 24.8 Å². The zero-order valence-corrected chi connectivity index (χ0v) is 19.1. The lowest BCUT2D eigenvalue weighted by Crippen LogP contribution is -2.48. The van der Waals surface area contributed by atoms with Crippen LogP contribution in [0.1, 0.15) is 29.9 Å². The number of rotatable bonds is 13. The van der Waals surface area contributed by atoms with Crippen LogP contribution in [0.3, 0.4) is 0 Å². The average Bonchev–Trinajstić information content (AvgIpc) is 3.16. The van der Waals surface area contributed by atoms with Crippen molar-refractivity contribution in [2.24, 2.45) is 0 Å². The highest BCUT2D eigenvalue weighted by Gasteiger charge is 2.29. The van der Waals surface area contributed by atoms with Gasteiger partial charge in [0, 0.05) is 32.6 Å². The van der Waals surface area contributed by atoms with E-state index in [9.17, 15) is 14.4 Å². The number of fused-ring (bicyclic) bond motifs is 3. The fraction of sp³-hybridized carbons (Fsp3) is 0.400. The van der Waals surface area contributed by atoms with Crippen LogP contribution >= 0.6 is 0 Å². The van der Waals surface area contributed by atoms with E-state index in [0.29, 0.717) is 0 Å². The molecule has 0 aliphatic heterocycles. The molecule has 0 saturated heterocycles.